The average Bonchev–Trinajstić information content (AvgIpc) is 2.78. The van der Waals surface area contributed by atoms with Gasteiger partial charge >= 0.3 is 5.97 Å². The van der Waals surface area contributed by atoms with Gasteiger partial charge in [-0.15, -0.1) is 0 Å². The Kier molecular flexibility index (Phi) is 4.58. The molecular weight excluding hydrogens is 254 g/mol. The fourth-order valence-electron chi connectivity index (χ4n) is 2.06. The summed E-state index contributed by atoms with van der Waals surface area (Å²) in [5.74, 6) is -0.868. The van der Waals surface area contributed by atoms with Gasteiger partial charge in [-0.25, -0.2) is 4.79 Å². The van der Waals surface area contributed by atoms with Crippen LogP contribution in [-0.2, 0) is 16.1 Å². The van der Waals surface area contributed by atoms with Crippen LogP contribution in [0.2, 0.25) is 5.02 Å². The summed E-state index contributed by atoms with van der Waals surface area (Å²) >= 11 is 5.89. The molecule has 5 heteroatoms. The Hall–Kier alpha value is -1.10. The zero-order chi connectivity index (χ0) is 13.0. The van der Waals surface area contributed by atoms with Crippen LogP contribution < -0.4 is 5.32 Å². The normalized spacial score (nSPS) is 23.2. The van der Waals surface area contributed by atoms with Crippen molar-refractivity contribution in [1.82, 2.24) is 5.32 Å². The molecule has 0 aliphatic carbocycles. The fourth-order valence-corrected chi connectivity index (χ4v) is 2.27. The van der Waals surface area contributed by atoms with Crippen LogP contribution in [0.4, 0.5) is 0 Å². The van der Waals surface area contributed by atoms with Crippen molar-refractivity contribution in [1.29, 1.82) is 0 Å². The number of carbonyl (C=O) groups is 1. The molecule has 0 aromatic heterocycles. The van der Waals surface area contributed by atoms with Gasteiger partial charge in [-0.05, 0) is 30.5 Å². The number of hydrogen-bond donors (Lipinski definition) is 2. The average molecular weight is 270 g/mol. The van der Waals surface area contributed by atoms with Crippen molar-refractivity contribution in [3.05, 3.63) is 34.9 Å². The van der Waals surface area contributed by atoms with E-state index < -0.39 is 12.1 Å². The van der Waals surface area contributed by atoms with E-state index in [0.29, 0.717) is 19.5 Å². The third-order valence-electron chi connectivity index (χ3n) is 2.97. The lowest BCUT2D eigenvalue weighted by Crippen LogP contribution is -2.28. The molecule has 2 atom stereocenters. The number of benzene rings is 1. The van der Waals surface area contributed by atoms with Crippen molar-refractivity contribution in [2.75, 3.05) is 6.54 Å². The lowest BCUT2D eigenvalue weighted by atomic mass is 10.2. The summed E-state index contributed by atoms with van der Waals surface area (Å²) in [5, 5.41) is 12.8. The zero-order valence-electron chi connectivity index (χ0n) is 9.93. The lowest BCUT2D eigenvalue weighted by molar-refractivity contribution is -0.149. The van der Waals surface area contributed by atoms with Crippen molar-refractivity contribution < 1.29 is 14.6 Å². The Labute approximate surface area is 111 Å². The standard InChI is InChI=1S/C13H16ClNO3/c14-10-3-1-2-9(6-10)7-15-8-11-4-5-12(18-11)13(16)17/h1-3,6,11-12,15H,4-5,7-8H2,(H,16,17). The van der Waals surface area contributed by atoms with E-state index in [4.69, 9.17) is 21.4 Å². The van der Waals surface area contributed by atoms with E-state index in [2.05, 4.69) is 5.32 Å². The van der Waals surface area contributed by atoms with Crippen molar-refractivity contribution in [3.63, 3.8) is 0 Å². The Morgan fingerprint density at radius 1 is 1.50 bits per heavy atom. The number of halogens is 1. The first-order valence-corrected chi connectivity index (χ1v) is 6.36. The molecule has 98 valence electrons. The molecule has 0 spiro atoms. The van der Waals surface area contributed by atoms with E-state index in [1.165, 1.54) is 0 Å². The van der Waals surface area contributed by atoms with E-state index in [9.17, 15) is 4.79 Å². The molecule has 18 heavy (non-hydrogen) atoms. The van der Waals surface area contributed by atoms with Gasteiger partial charge in [0.05, 0.1) is 6.10 Å². The minimum Gasteiger partial charge on any atom is -0.479 e. The number of ether oxygens (including phenoxy) is 1. The van der Waals surface area contributed by atoms with Gasteiger partial charge in [-0.3, -0.25) is 0 Å². The van der Waals surface area contributed by atoms with Crippen LogP contribution in [0.5, 0.6) is 0 Å². The molecule has 0 amide bonds. The number of hydrogen-bond acceptors (Lipinski definition) is 3. The van der Waals surface area contributed by atoms with Gasteiger partial charge in [-0.1, -0.05) is 23.7 Å². The first-order chi connectivity index (χ1) is 8.65. The topological polar surface area (TPSA) is 58.6 Å². The summed E-state index contributed by atoms with van der Waals surface area (Å²) in [4.78, 5) is 10.7. The molecule has 1 aromatic carbocycles. The summed E-state index contributed by atoms with van der Waals surface area (Å²) in [6.07, 6.45) is 0.742. The molecule has 0 saturated carbocycles. The van der Waals surface area contributed by atoms with Gasteiger partial charge in [0.25, 0.3) is 0 Å². The van der Waals surface area contributed by atoms with Gasteiger partial charge in [0.2, 0.25) is 0 Å². The maximum absolute atomic E-state index is 10.7. The smallest absolute Gasteiger partial charge is 0.332 e. The molecule has 1 saturated heterocycles. The SMILES string of the molecule is O=C(O)C1CCC(CNCc2cccc(Cl)c2)O1. The van der Waals surface area contributed by atoms with Crippen molar-refractivity contribution in [3.8, 4) is 0 Å². The Balaban J connectivity index is 1.72. The van der Waals surface area contributed by atoms with E-state index >= 15 is 0 Å². The minimum absolute atomic E-state index is 0.00900. The molecule has 1 aromatic rings. The molecule has 2 unspecified atom stereocenters. The highest BCUT2D eigenvalue weighted by Crippen LogP contribution is 2.19. The third-order valence-corrected chi connectivity index (χ3v) is 3.21. The summed E-state index contributed by atoms with van der Waals surface area (Å²) in [7, 11) is 0. The number of rotatable bonds is 5. The number of carboxylic acids is 1. The van der Waals surface area contributed by atoms with E-state index in [1.807, 2.05) is 24.3 Å². The molecule has 1 fully saturated rings. The first kappa shape index (κ1) is 13.3. The van der Waals surface area contributed by atoms with Crippen LogP contribution in [0.1, 0.15) is 18.4 Å². The van der Waals surface area contributed by atoms with Gasteiger partial charge in [0.1, 0.15) is 0 Å². The van der Waals surface area contributed by atoms with Crippen molar-refractivity contribution in [2.45, 2.75) is 31.6 Å². The summed E-state index contributed by atoms with van der Waals surface area (Å²) in [6, 6.07) is 7.65. The van der Waals surface area contributed by atoms with Crippen LogP contribution in [0.25, 0.3) is 0 Å². The highest BCUT2D eigenvalue weighted by atomic mass is 35.5. The van der Waals surface area contributed by atoms with E-state index in [-0.39, 0.29) is 6.10 Å². The molecule has 1 heterocycles. The monoisotopic (exact) mass is 269 g/mol. The summed E-state index contributed by atoms with van der Waals surface area (Å²) in [5.41, 5.74) is 1.11. The molecule has 1 aliphatic heterocycles. The van der Waals surface area contributed by atoms with Crippen molar-refractivity contribution >= 4 is 17.6 Å². The molecule has 2 N–H and O–H groups in total. The third kappa shape index (κ3) is 3.70. The van der Waals surface area contributed by atoms with Gasteiger partial charge < -0.3 is 15.2 Å². The van der Waals surface area contributed by atoms with Crippen LogP contribution in [0, 0.1) is 0 Å². The first-order valence-electron chi connectivity index (χ1n) is 5.98. The van der Waals surface area contributed by atoms with Crippen LogP contribution in [-0.4, -0.2) is 29.8 Å². The van der Waals surface area contributed by atoms with Crippen molar-refractivity contribution in [2.24, 2.45) is 0 Å². The van der Waals surface area contributed by atoms with Crippen LogP contribution in [0.15, 0.2) is 24.3 Å². The molecular formula is C13H16ClNO3. The largest absolute Gasteiger partial charge is 0.479 e. The quantitative estimate of drug-likeness (QED) is 0.859. The molecule has 1 aliphatic rings. The molecule has 0 bridgehead atoms. The Morgan fingerprint density at radius 3 is 3.00 bits per heavy atom. The number of nitrogens with one attached hydrogen (secondary N) is 1. The maximum atomic E-state index is 10.7. The second-order valence-electron chi connectivity index (χ2n) is 4.42. The predicted octanol–water partition coefficient (Wildman–Crippen LogP) is 2.06. The van der Waals surface area contributed by atoms with Gasteiger partial charge in [-0.2, -0.15) is 0 Å². The molecule has 2 rings (SSSR count). The molecule has 4 nitrogen and oxygen atoms in total. The number of carboxylic acid groups (broad SMARTS) is 1. The van der Waals surface area contributed by atoms with Crippen LogP contribution >= 0.6 is 11.6 Å². The summed E-state index contributed by atoms with van der Waals surface area (Å²) < 4.78 is 5.40. The van der Waals surface area contributed by atoms with Gasteiger partial charge in [0, 0.05) is 18.1 Å². The Morgan fingerprint density at radius 2 is 2.33 bits per heavy atom. The van der Waals surface area contributed by atoms with E-state index in [0.717, 1.165) is 17.0 Å². The van der Waals surface area contributed by atoms with Crippen LogP contribution in [0.3, 0.4) is 0 Å². The van der Waals surface area contributed by atoms with E-state index in [1.54, 1.807) is 0 Å². The molecule has 0 radical (unpaired) electrons. The summed E-state index contributed by atoms with van der Waals surface area (Å²) in [6.45, 7) is 1.37. The fraction of sp³-hybridized carbons (Fsp3) is 0.462. The minimum atomic E-state index is -0.868. The zero-order valence-corrected chi connectivity index (χ0v) is 10.7. The predicted molar refractivity (Wildman–Crippen MR) is 68.7 cm³/mol. The highest BCUT2D eigenvalue weighted by molar-refractivity contribution is 6.30. The lowest BCUT2D eigenvalue weighted by Gasteiger charge is -2.12. The maximum Gasteiger partial charge on any atom is 0.332 e. The number of aliphatic carboxylic acids is 1. The second-order valence-corrected chi connectivity index (χ2v) is 4.86. The van der Waals surface area contributed by atoms with Gasteiger partial charge in [0.15, 0.2) is 6.10 Å². The second kappa shape index (κ2) is 6.18. The highest BCUT2D eigenvalue weighted by Gasteiger charge is 2.29. The Bertz CT molecular complexity index is 424.